The lowest BCUT2D eigenvalue weighted by atomic mass is 9.92. The number of carbonyl (C=O) groups excluding carboxylic acids is 2. The number of aryl methyl sites for hydroxylation is 1. The van der Waals surface area contributed by atoms with Gasteiger partial charge in [0, 0.05) is 24.1 Å². The second-order valence-corrected chi connectivity index (χ2v) is 8.63. The van der Waals surface area contributed by atoms with Gasteiger partial charge in [0.05, 0.1) is 17.9 Å². The van der Waals surface area contributed by atoms with E-state index in [1.165, 1.54) is 36.2 Å². The standard InChI is InChI=1S/C24H27FN4O2/c1-16-6-12-19(13-7-16)29-21(14-20(27-29)24(2,3)4)26-22(30)15-28(5)23(31)17-8-10-18(25)11-9-17/h6-14H,15H2,1-5H3,(H,26,30). The fourth-order valence-electron chi connectivity index (χ4n) is 3.00. The topological polar surface area (TPSA) is 67.2 Å². The molecule has 2 amide bonds. The molecule has 0 aliphatic carbocycles. The molecule has 162 valence electrons. The van der Waals surface area contributed by atoms with E-state index in [4.69, 9.17) is 5.10 Å². The molecule has 1 heterocycles. The Labute approximate surface area is 181 Å². The highest BCUT2D eigenvalue weighted by Gasteiger charge is 2.22. The lowest BCUT2D eigenvalue weighted by Crippen LogP contribution is -2.35. The highest BCUT2D eigenvalue weighted by atomic mass is 19.1. The molecule has 31 heavy (non-hydrogen) atoms. The number of benzene rings is 2. The van der Waals surface area contributed by atoms with Gasteiger partial charge in [-0.2, -0.15) is 5.10 Å². The summed E-state index contributed by atoms with van der Waals surface area (Å²) >= 11 is 0. The molecule has 1 N–H and O–H groups in total. The zero-order chi connectivity index (χ0) is 22.8. The van der Waals surface area contributed by atoms with Crippen molar-refractivity contribution in [2.75, 3.05) is 18.9 Å². The van der Waals surface area contributed by atoms with E-state index >= 15 is 0 Å². The van der Waals surface area contributed by atoms with E-state index in [1.807, 2.05) is 37.3 Å². The molecular formula is C24H27FN4O2. The molecule has 0 saturated carbocycles. The quantitative estimate of drug-likeness (QED) is 0.666. The average Bonchev–Trinajstić information content (AvgIpc) is 3.12. The molecular weight excluding hydrogens is 395 g/mol. The molecule has 6 nitrogen and oxygen atoms in total. The minimum Gasteiger partial charge on any atom is -0.332 e. The molecule has 0 atom stereocenters. The van der Waals surface area contributed by atoms with E-state index in [9.17, 15) is 14.0 Å². The molecule has 0 aliphatic heterocycles. The van der Waals surface area contributed by atoms with Gasteiger partial charge in [-0.1, -0.05) is 38.5 Å². The lowest BCUT2D eigenvalue weighted by molar-refractivity contribution is -0.116. The molecule has 3 rings (SSSR count). The van der Waals surface area contributed by atoms with Crippen molar-refractivity contribution in [3.63, 3.8) is 0 Å². The van der Waals surface area contributed by atoms with Crippen LogP contribution in [0.5, 0.6) is 0 Å². The van der Waals surface area contributed by atoms with Crippen molar-refractivity contribution >= 4 is 17.6 Å². The number of carbonyl (C=O) groups is 2. The van der Waals surface area contributed by atoms with Crippen molar-refractivity contribution in [2.45, 2.75) is 33.1 Å². The van der Waals surface area contributed by atoms with Crippen LogP contribution in [0.1, 0.15) is 42.4 Å². The van der Waals surface area contributed by atoms with Gasteiger partial charge in [0.25, 0.3) is 5.91 Å². The number of anilines is 1. The molecule has 0 spiro atoms. The smallest absolute Gasteiger partial charge is 0.254 e. The molecule has 0 fully saturated rings. The van der Waals surface area contributed by atoms with Crippen LogP contribution < -0.4 is 5.32 Å². The summed E-state index contributed by atoms with van der Waals surface area (Å²) in [4.78, 5) is 26.5. The first-order valence-electron chi connectivity index (χ1n) is 10.0. The van der Waals surface area contributed by atoms with Crippen LogP contribution in [-0.2, 0) is 10.2 Å². The van der Waals surface area contributed by atoms with E-state index in [0.29, 0.717) is 11.4 Å². The number of nitrogens with one attached hydrogen (secondary N) is 1. The maximum atomic E-state index is 13.1. The number of amides is 2. The van der Waals surface area contributed by atoms with E-state index in [-0.39, 0.29) is 23.8 Å². The molecule has 0 bridgehead atoms. The van der Waals surface area contributed by atoms with Gasteiger partial charge in [0.15, 0.2) is 0 Å². The minimum atomic E-state index is -0.420. The van der Waals surface area contributed by atoms with Crippen molar-refractivity contribution in [3.8, 4) is 5.69 Å². The van der Waals surface area contributed by atoms with Gasteiger partial charge in [-0.25, -0.2) is 9.07 Å². The van der Waals surface area contributed by atoms with E-state index in [2.05, 4.69) is 26.1 Å². The fraction of sp³-hybridized carbons (Fsp3) is 0.292. The first kappa shape index (κ1) is 22.2. The maximum absolute atomic E-state index is 13.1. The normalized spacial score (nSPS) is 11.3. The zero-order valence-electron chi connectivity index (χ0n) is 18.4. The van der Waals surface area contributed by atoms with Crippen LogP contribution in [0.4, 0.5) is 10.2 Å². The van der Waals surface area contributed by atoms with Crippen molar-refractivity contribution in [3.05, 3.63) is 77.2 Å². The first-order valence-corrected chi connectivity index (χ1v) is 10.0. The summed E-state index contributed by atoms with van der Waals surface area (Å²) in [5, 5.41) is 7.56. The fourth-order valence-corrected chi connectivity index (χ4v) is 3.00. The Morgan fingerprint density at radius 3 is 2.26 bits per heavy atom. The number of halogens is 1. The molecule has 0 saturated heterocycles. The number of likely N-dealkylation sites (N-methyl/N-ethyl adjacent to an activating group) is 1. The van der Waals surface area contributed by atoms with Crippen LogP contribution in [0.25, 0.3) is 5.69 Å². The average molecular weight is 423 g/mol. The summed E-state index contributed by atoms with van der Waals surface area (Å²) in [6, 6.07) is 14.9. The Hall–Kier alpha value is -3.48. The Bertz CT molecular complexity index is 1080. The third-order valence-corrected chi connectivity index (χ3v) is 4.84. The summed E-state index contributed by atoms with van der Waals surface area (Å²) in [6.07, 6.45) is 0. The second-order valence-electron chi connectivity index (χ2n) is 8.63. The van der Waals surface area contributed by atoms with Crippen molar-refractivity contribution < 1.29 is 14.0 Å². The largest absolute Gasteiger partial charge is 0.332 e. The van der Waals surface area contributed by atoms with Gasteiger partial charge in [-0.05, 0) is 43.3 Å². The lowest BCUT2D eigenvalue weighted by Gasteiger charge is -2.17. The third-order valence-electron chi connectivity index (χ3n) is 4.84. The number of nitrogens with zero attached hydrogens (tertiary/aromatic N) is 3. The number of rotatable bonds is 5. The minimum absolute atomic E-state index is 0.153. The second kappa shape index (κ2) is 8.71. The van der Waals surface area contributed by atoms with Gasteiger partial charge in [0.1, 0.15) is 11.6 Å². The van der Waals surface area contributed by atoms with Crippen LogP contribution in [0.15, 0.2) is 54.6 Å². The van der Waals surface area contributed by atoms with Crippen molar-refractivity contribution in [1.82, 2.24) is 14.7 Å². The van der Waals surface area contributed by atoms with Crippen LogP contribution in [-0.4, -0.2) is 40.1 Å². The Morgan fingerprint density at radius 2 is 1.68 bits per heavy atom. The first-order chi connectivity index (χ1) is 14.5. The van der Waals surface area contributed by atoms with Gasteiger partial charge < -0.3 is 10.2 Å². The zero-order valence-corrected chi connectivity index (χ0v) is 18.4. The molecule has 0 unspecified atom stereocenters. The third kappa shape index (κ3) is 5.36. The van der Waals surface area contributed by atoms with E-state index in [1.54, 1.807) is 4.68 Å². The number of aromatic nitrogens is 2. The van der Waals surface area contributed by atoms with Crippen molar-refractivity contribution in [2.24, 2.45) is 0 Å². The molecule has 3 aromatic rings. The van der Waals surface area contributed by atoms with Crippen molar-refractivity contribution in [1.29, 1.82) is 0 Å². The van der Waals surface area contributed by atoms with Gasteiger partial charge in [-0.3, -0.25) is 9.59 Å². The molecule has 2 aromatic carbocycles. The maximum Gasteiger partial charge on any atom is 0.254 e. The summed E-state index contributed by atoms with van der Waals surface area (Å²) in [5.41, 5.74) is 2.89. The highest BCUT2D eigenvalue weighted by molar-refractivity contribution is 5.99. The van der Waals surface area contributed by atoms with Crippen LogP contribution >= 0.6 is 0 Å². The van der Waals surface area contributed by atoms with Crippen LogP contribution in [0.2, 0.25) is 0 Å². The van der Waals surface area contributed by atoms with E-state index < -0.39 is 5.82 Å². The highest BCUT2D eigenvalue weighted by Crippen LogP contribution is 2.26. The Balaban J connectivity index is 1.79. The Kier molecular flexibility index (Phi) is 6.24. The van der Waals surface area contributed by atoms with E-state index in [0.717, 1.165) is 16.9 Å². The summed E-state index contributed by atoms with van der Waals surface area (Å²) < 4.78 is 14.8. The molecule has 1 aromatic heterocycles. The summed E-state index contributed by atoms with van der Waals surface area (Å²) in [7, 11) is 1.53. The molecule has 0 aliphatic rings. The van der Waals surface area contributed by atoms with Gasteiger partial charge in [0.2, 0.25) is 5.91 Å². The molecule has 0 radical (unpaired) electrons. The van der Waals surface area contributed by atoms with Crippen LogP contribution in [0.3, 0.4) is 0 Å². The van der Waals surface area contributed by atoms with Gasteiger partial charge >= 0.3 is 0 Å². The SMILES string of the molecule is Cc1ccc(-n2nc(C(C)(C)C)cc2NC(=O)CN(C)C(=O)c2ccc(F)cc2)cc1. The predicted molar refractivity (Wildman–Crippen MR) is 119 cm³/mol. The van der Waals surface area contributed by atoms with Crippen LogP contribution in [0, 0.1) is 12.7 Å². The predicted octanol–water partition coefficient (Wildman–Crippen LogP) is 4.33. The molecule has 7 heteroatoms. The number of hydrogen-bond donors (Lipinski definition) is 1. The monoisotopic (exact) mass is 422 g/mol. The number of hydrogen-bond acceptors (Lipinski definition) is 3. The summed E-state index contributed by atoms with van der Waals surface area (Å²) in [5.74, 6) is -0.610. The Morgan fingerprint density at radius 1 is 1.06 bits per heavy atom. The van der Waals surface area contributed by atoms with Gasteiger partial charge in [-0.15, -0.1) is 0 Å². The summed E-state index contributed by atoms with van der Waals surface area (Å²) in [6.45, 7) is 8.00.